The standard InChI is InChI=1S/C15H18FN5O4/c1-3-15(18)7(5-22)10(6(2)23)25-13(15)21-4-8(16)9-11(21)19-14(17)20-12(9)24/h1,4,6-7,10,13,22-23H,5,18H2,2H3,(H3,17,19,20,24)/t6-,7?,10+,13+,15?/m0/s1. The zero-order chi connectivity index (χ0) is 18.5. The fraction of sp³-hybridized carbons (Fsp3) is 0.467. The van der Waals surface area contributed by atoms with Crippen molar-refractivity contribution in [2.45, 2.75) is 30.9 Å². The summed E-state index contributed by atoms with van der Waals surface area (Å²) in [5, 5.41) is 19.3. The van der Waals surface area contributed by atoms with Crippen molar-refractivity contribution < 1.29 is 19.3 Å². The highest BCUT2D eigenvalue weighted by atomic mass is 19.1. The summed E-state index contributed by atoms with van der Waals surface area (Å²) < 4.78 is 21.2. The van der Waals surface area contributed by atoms with Crippen LogP contribution in [0.1, 0.15) is 13.2 Å². The Hall–Kier alpha value is -2.45. The number of nitrogens with two attached hydrogens (primary N) is 2. The molecule has 5 atom stereocenters. The van der Waals surface area contributed by atoms with Crippen LogP contribution >= 0.6 is 0 Å². The van der Waals surface area contributed by atoms with Crippen LogP contribution in [-0.2, 0) is 4.74 Å². The highest BCUT2D eigenvalue weighted by molar-refractivity contribution is 5.77. The van der Waals surface area contributed by atoms with Gasteiger partial charge < -0.3 is 26.4 Å². The van der Waals surface area contributed by atoms with Gasteiger partial charge in [-0.25, -0.2) is 4.39 Å². The van der Waals surface area contributed by atoms with Gasteiger partial charge in [0.05, 0.1) is 18.8 Å². The number of hydrogen-bond donors (Lipinski definition) is 5. The van der Waals surface area contributed by atoms with Gasteiger partial charge in [-0.2, -0.15) is 4.98 Å². The number of anilines is 1. The van der Waals surface area contributed by atoms with Crippen molar-refractivity contribution in [2.75, 3.05) is 12.3 Å². The molecular weight excluding hydrogens is 333 g/mol. The van der Waals surface area contributed by atoms with Crippen molar-refractivity contribution in [3.05, 3.63) is 22.4 Å². The minimum atomic E-state index is -1.58. The van der Waals surface area contributed by atoms with Crippen molar-refractivity contribution >= 4 is 17.0 Å². The van der Waals surface area contributed by atoms with Gasteiger partial charge in [-0.05, 0) is 6.92 Å². The summed E-state index contributed by atoms with van der Waals surface area (Å²) in [6, 6.07) is 0. The lowest BCUT2D eigenvalue weighted by atomic mass is 9.82. The van der Waals surface area contributed by atoms with Gasteiger partial charge in [-0.1, -0.05) is 5.92 Å². The van der Waals surface area contributed by atoms with E-state index in [-0.39, 0.29) is 17.0 Å². The predicted octanol–water partition coefficient (Wildman–Crippen LogP) is -1.34. The van der Waals surface area contributed by atoms with Crippen molar-refractivity contribution in [3.8, 4) is 12.3 Å². The molecule has 3 heterocycles. The van der Waals surface area contributed by atoms with E-state index in [4.69, 9.17) is 22.6 Å². The summed E-state index contributed by atoms with van der Waals surface area (Å²) in [6.45, 7) is 1.01. The van der Waals surface area contributed by atoms with Gasteiger partial charge in [-0.15, -0.1) is 6.42 Å². The molecule has 0 aliphatic carbocycles. The number of ether oxygens (including phenoxy) is 1. The van der Waals surface area contributed by atoms with Gasteiger partial charge in [0.1, 0.15) is 10.9 Å². The molecule has 2 aromatic heterocycles. The number of nitrogens with zero attached hydrogens (tertiary/aromatic N) is 2. The van der Waals surface area contributed by atoms with E-state index in [9.17, 15) is 19.4 Å². The first-order chi connectivity index (χ1) is 11.7. The third-order valence-electron chi connectivity index (χ3n) is 4.53. The molecule has 7 N–H and O–H groups in total. The van der Waals surface area contributed by atoms with Crippen LogP contribution in [0.3, 0.4) is 0 Å². The van der Waals surface area contributed by atoms with E-state index in [1.807, 2.05) is 0 Å². The molecule has 1 saturated heterocycles. The number of nitrogens with one attached hydrogen (secondary N) is 1. The van der Waals surface area contributed by atoms with Crippen LogP contribution in [0.4, 0.5) is 10.3 Å². The number of fused-ring (bicyclic) bond motifs is 1. The molecule has 0 amide bonds. The Morgan fingerprint density at radius 1 is 1.68 bits per heavy atom. The largest absolute Gasteiger partial charge is 0.396 e. The molecule has 0 saturated carbocycles. The summed E-state index contributed by atoms with van der Waals surface area (Å²) in [6.07, 6.45) is 3.49. The van der Waals surface area contributed by atoms with E-state index in [1.165, 1.54) is 11.5 Å². The second-order valence-corrected chi connectivity index (χ2v) is 6.09. The molecule has 1 fully saturated rings. The Bertz CT molecular complexity index is 917. The lowest BCUT2D eigenvalue weighted by Crippen LogP contribution is -2.52. The monoisotopic (exact) mass is 351 g/mol. The van der Waals surface area contributed by atoms with Crippen molar-refractivity contribution in [1.82, 2.24) is 14.5 Å². The fourth-order valence-electron chi connectivity index (χ4n) is 3.30. The highest BCUT2D eigenvalue weighted by Gasteiger charge is 2.55. The molecule has 10 heteroatoms. The summed E-state index contributed by atoms with van der Waals surface area (Å²) >= 11 is 0. The van der Waals surface area contributed by atoms with Crippen molar-refractivity contribution in [1.29, 1.82) is 0 Å². The van der Waals surface area contributed by atoms with Crippen molar-refractivity contribution in [2.24, 2.45) is 11.7 Å². The van der Waals surface area contributed by atoms with Crippen molar-refractivity contribution in [3.63, 3.8) is 0 Å². The van der Waals surface area contributed by atoms with Crippen LogP contribution < -0.4 is 17.0 Å². The minimum absolute atomic E-state index is 0.100. The van der Waals surface area contributed by atoms with Gasteiger partial charge in [0, 0.05) is 12.1 Å². The maximum Gasteiger partial charge on any atom is 0.264 e. The third-order valence-corrected chi connectivity index (χ3v) is 4.53. The molecule has 3 rings (SSSR count). The molecule has 1 aliphatic rings. The number of aliphatic hydroxyl groups excluding tert-OH is 2. The van der Waals surface area contributed by atoms with Crippen LogP contribution in [0.5, 0.6) is 0 Å². The highest BCUT2D eigenvalue weighted by Crippen LogP contribution is 2.43. The van der Waals surface area contributed by atoms with Gasteiger partial charge in [-0.3, -0.25) is 14.3 Å². The quantitative estimate of drug-likeness (QED) is 0.429. The topological polar surface area (TPSA) is 152 Å². The summed E-state index contributed by atoms with van der Waals surface area (Å²) in [5.74, 6) is 0.482. The molecular formula is C15H18FN5O4. The number of hydrogen-bond acceptors (Lipinski definition) is 7. The molecule has 25 heavy (non-hydrogen) atoms. The Labute approximate surface area is 141 Å². The second kappa shape index (κ2) is 5.82. The Morgan fingerprint density at radius 3 is 2.92 bits per heavy atom. The maximum absolute atomic E-state index is 14.3. The number of H-pyrrole nitrogens is 1. The zero-order valence-electron chi connectivity index (χ0n) is 13.3. The molecule has 2 unspecified atom stereocenters. The number of aliphatic hydroxyl groups is 2. The van der Waals surface area contributed by atoms with Crippen LogP contribution in [0, 0.1) is 24.1 Å². The first-order valence-corrected chi connectivity index (χ1v) is 7.51. The zero-order valence-corrected chi connectivity index (χ0v) is 13.3. The predicted molar refractivity (Wildman–Crippen MR) is 86.6 cm³/mol. The van der Waals surface area contributed by atoms with Gasteiger partial charge in [0.25, 0.3) is 5.56 Å². The number of aromatic nitrogens is 3. The molecule has 0 bridgehead atoms. The van der Waals surface area contributed by atoms with Crippen LogP contribution in [0.15, 0.2) is 11.0 Å². The van der Waals surface area contributed by atoms with E-state index in [0.29, 0.717) is 0 Å². The molecule has 134 valence electrons. The Balaban J connectivity index is 2.24. The lowest BCUT2D eigenvalue weighted by Gasteiger charge is -2.30. The van der Waals surface area contributed by atoms with E-state index in [0.717, 1.165) is 6.20 Å². The number of terminal acetylenes is 1. The van der Waals surface area contributed by atoms with Gasteiger partial charge in [0.2, 0.25) is 5.95 Å². The Kier molecular flexibility index (Phi) is 4.04. The number of rotatable bonds is 3. The van der Waals surface area contributed by atoms with E-state index < -0.39 is 47.9 Å². The van der Waals surface area contributed by atoms with E-state index in [2.05, 4.69) is 15.9 Å². The SMILES string of the molecule is C#CC1(N)C(CO)[C@@H]([C@H](C)O)O[C@H]1n1cc(F)c2c(=O)[nH]c(N)nc21. The molecule has 0 aromatic carbocycles. The molecule has 1 aliphatic heterocycles. The first kappa shape index (κ1) is 17.4. The Morgan fingerprint density at radius 2 is 2.36 bits per heavy atom. The fourth-order valence-corrected chi connectivity index (χ4v) is 3.30. The summed E-state index contributed by atoms with van der Waals surface area (Å²) in [7, 11) is 0. The third kappa shape index (κ3) is 2.40. The normalized spacial score (nSPS) is 30.5. The van der Waals surface area contributed by atoms with Gasteiger partial charge >= 0.3 is 0 Å². The van der Waals surface area contributed by atoms with Crippen LogP contribution in [0.2, 0.25) is 0 Å². The smallest absolute Gasteiger partial charge is 0.264 e. The average molecular weight is 351 g/mol. The summed E-state index contributed by atoms with van der Waals surface area (Å²) in [4.78, 5) is 18.1. The van der Waals surface area contributed by atoms with Crippen LogP contribution in [0.25, 0.3) is 11.0 Å². The molecule has 2 aromatic rings. The van der Waals surface area contributed by atoms with Crippen LogP contribution in [-0.4, -0.2) is 49.1 Å². The number of aromatic amines is 1. The average Bonchev–Trinajstić information content (AvgIpc) is 3.02. The second-order valence-electron chi connectivity index (χ2n) is 6.09. The lowest BCUT2D eigenvalue weighted by molar-refractivity contribution is -0.0676. The number of nitrogen functional groups attached to an aromatic ring is 1. The van der Waals surface area contributed by atoms with E-state index in [1.54, 1.807) is 0 Å². The molecule has 0 radical (unpaired) electrons. The molecule has 0 spiro atoms. The summed E-state index contributed by atoms with van der Waals surface area (Å²) in [5.41, 5.74) is 9.38. The first-order valence-electron chi connectivity index (χ1n) is 7.51. The maximum atomic E-state index is 14.3. The van der Waals surface area contributed by atoms with E-state index >= 15 is 0 Å². The molecule has 9 nitrogen and oxygen atoms in total. The number of halogens is 1. The minimum Gasteiger partial charge on any atom is -0.396 e. The van der Waals surface area contributed by atoms with Gasteiger partial charge in [0.15, 0.2) is 17.7 Å².